The third-order valence-corrected chi connectivity index (χ3v) is 2.05. The Kier molecular flexibility index (Phi) is 6.33. The maximum Gasteiger partial charge on any atom is 0.391 e. The maximum atomic E-state index is 11.9. The Labute approximate surface area is 95.5 Å². The van der Waals surface area contributed by atoms with Crippen molar-refractivity contribution in [1.29, 1.82) is 0 Å². The highest BCUT2D eigenvalue weighted by atomic mass is 19.4. The second kappa shape index (κ2) is 6.45. The van der Waals surface area contributed by atoms with Crippen LogP contribution in [0.25, 0.3) is 0 Å². The van der Waals surface area contributed by atoms with Gasteiger partial charge >= 0.3 is 6.18 Å². The Bertz CT molecular complexity index is 187. The zero-order chi connectivity index (χ0) is 12.8. The first-order valence-corrected chi connectivity index (χ1v) is 5.57. The Balaban J connectivity index is 3.76. The van der Waals surface area contributed by atoms with E-state index in [9.17, 15) is 13.2 Å². The molecule has 0 saturated carbocycles. The molecule has 98 valence electrons. The highest BCUT2D eigenvalue weighted by Crippen LogP contribution is 2.19. The first kappa shape index (κ1) is 15.7. The number of alkyl halides is 3. The number of halogens is 3. The first-order chi connectivity index (χ1) is 7.14. The lowest BCUT2D eigenvalue weighted by molar-refractivity contribution is -0.149. The molecule has 1 N–H and O–H groups in total. The molecule has 0 rings (SSSR count). The van der Waals surface area contributed by atoms with Gasteiger partial charge in [-0.1, -0.05) is 6.92 Å². The monoisotopic (exact) mass is 241 g/mol. The summed E-state index contributed by atoms with van der Waals surface area (Å²) in [5, 5.41) is 3.21. The third-order valence-electron chi connectivity index (χ3n) is 2.05. The Morgan fingerprint density at radius 1 is 1.19 bits per heavy atom. The van der Waals surface area contributed by atoms with Gasteiger partial charge in [-0.15, -0.1) is 0 Å². The first-order valence-electron chi connectivity index (χ1n) is 5.57. The van der Waals surface area contributed by atoms with Gasteiger partial charge in [0.2, 0.25) is 0 Å². The van der Waals surface area contributed by atoms with Gasteiger partial charge in [0.25, 0.3) is 0 Å². The number of rotatable bonds is 6. The fraction of sp³-hybridized carbons (Fsp3) is 1.00. The van der Waals surface area contributed by atoms with E-state index < -0.39 is 12.6 Å². The minimum absolute atomic E-state index is 0.0409. The van der Waals surface area contributed by atoms with Crippen LogP contribution in [0.3, 0.4) is 0 Å². The van der Waals surface area contributed by atoms with Crippen molar-refractivity contribution in [2.75, 3.05) is 13.2 Å². The summed E-state index contributed by atoms with van der Waals surface area (Å²) in [7, 11) is 0. The van der Waals surface area contributed by atoms with Gasteiger partial charge < -0.3 is 10.1 Å². The Morgan fingerprint density at radius 2 is 1.75 bits per heavy atom. The van der Waals surface area contributed by atoms with E-state index in [4.69, 9.17) is 4.74 Å². The summed E-state index contributed by atoms with van der Waals surface area (Å²) in [6.07, 6.45) is -4.45. The molecule has 0 aromatic rings. The molecule has 0 heterocycles. The van der Waals surface area contributed by atoms with Crippen LogP contribution in [0.5, 0.6) is 0 Å². The maximum absolute atomic E-state index is 11.9. The van der Waals surface area contributed by atoms with E-state index >= 15 is 0 Å². The van der Waals surface area contributed by atoms with Crippen molar-refractivity contribution in [3.63, 3.8) is 0 Å². The number of ether oxygens (including phenoxy) is 1. The van der Waals surface area contributed by atoms with Crippen molar-refractivity contribution < 1.29 is 17.9 Å². The largest absolute Gasteiger partial charge is 0.391 e. The van der Waals surface area contributed by atoms with Crippen LogP contribution >= 0.6 is 0 Å². The highest BCUT2D eigenvalue weighted by Gasteiger charge is 2.27. The van der Waals surface area contributed by atoms with E-state index in [1.54, 1.807) is 0 Å². The molecule has 0 aromatic heterocycles. The molecule has 1 unspecified atom stereocenters. The van der Waals surface area contributed by atoms with Gasteiger partial charge in [-0.3, -0.25) is 0 Å². The molecule has 1 atom stereocenters. The molecule has 0 amide bonds. The second-order valence-electron chi connectivity index (χ2n) is 4.90. The lowest BCUT2D eigenvalue weighted by Gasteiger charge is -2.25. The van der Waals surface area contributed by atoms with Crippen LogP contribution in [0.2, 0.25) is 0 Å². The van der Waals surface area contributed by atoms with Crippen LogP contribution in [0, 0.1) is 0 Å². The predicted molar refractivity (Wildman–Crippen MR) is 58.5 cm³/mol. The SMILES string of the molecule is CCC(CNC(C)(C)C)OCCC(F)(F)F. The summed E-state index contributed by atoms with van der Waals surface area (Å²) in [6.45, 7) is 8.26. The molecule has 16 heavy (non-hydrogen) atoms. The minimum atomic E-state index is -4.13. The van der Waals surface area contributed by atoms with Crippen LogP contribution in [0.4, 0.5) is 13.2 Å². The molecule has 5 heteroatoms. The van der Waals surface area contributed by atoms with Gasteiger partial charge in [-0.05, 0) is 27.2 Å². The van der Waals surface area contributed by atoms with Crippen molar-refractivity contribution >= 4 is 0 Å². The lowest BCUT2D eigenvalue weighted by atomic mass is 10.1. The fourth-order valence-corrected chi connectivity index (χ4v) is 1.08. The van der Waals surface area contributed by atoms with Gasteiger partial charge in [0.15, 0.2) is 0 Å². The van der Waals surface area contributed by atoms with Crippen LogP contribution in [0.15, 0.2) is 0 Å². The third kappa shape index (κ3) is 10.2. The van der Waals surface area contributed by atoms with E-state index in [0.29, 0.717) is 13.0 Å². The van der Waals surface area contributed by atoms with E-state index in [1.165, 1.54) is 0 Å². The molecule has 0 saturated heterocycles. The van der Waals surface area contributed by atoms with E-state index in [2.05, 4.69) is 5.32 Å². The van der Waals surface area contributed by atoms with Crippen LogP contribution in [-0.4, -0.2) is 31.0 Å². The molecule has 0 bridgehead atoms. The van der Waals surface area contributed by atoms with Gasteiger partial charge in [0.05, 0.1) is 19.1 Å². The molecule has 0 fully saturated rings. The number of hydrogen-bond acceptors (Lipinski definition) is 2. The summed E-state index contributed by atoms with van der Waals surface area (Å²) in [5.74, 6) is 0. The van der Waals surface area contributed by atoms with Gasteiger partial charge in [-0.2, -0.15) is 13.2 Å². The van der Waals surface area contributed by atoms with Gasteiger partial charge in [0.1, 0.15) is 0 Å². The molecule has 0 aliphatic rings. The van der Waals surface area contributed by atoms with E-state index in [0.717, 1.165) is 0 Å². The molecule has 0 spiro atoms. The quantitative estimate of drug-likeness (QED) is 0.771. The van der Waals surface area contributed by atoms with Crippen LogP contribution in [-0.2, 0) is 4.74 Å². The molecule has 2 nitrogen and oxygen atoms in total. The average Bonchev–Trinajstić information content (AvgIpc) is 2.07. The Hall–Kier alpha value is -0.290. The van der Waals surface area contributed by atoms with Crippen molar-refractivity contribution in [1.82, 2.24) is 5.32 Å². The normalized spacial score (nSPS) is 15.2. The summed E-state index contributed by atoms with van der Waals surface area (Å²) < 4.78 is 40.8. The summed E-state index contributed by atoms with van der Waals surface area (Å²) in [6, 6.07) is 0. The minimum Gasteiger partial charge on any atom is -0.377 e. The molecular formula is C11H22F3NO. The summed E-state index contributed by atoms with van der Waals surface area (Å²) in [4.78, 5) is 0. The molecule has 0 aliphatic heterocycles. The molecule has 0 aromatic carbocycles. The fourth-order valence-electron chi connectivity index (χ4n) is 1.08. The highest BCUT2D eigenvalue weighted by molar-refractivity contribution is 4.73. The Morgan fingerprint density at radius 3 is 2.12 bits per heavy atom. The van der Waals surface area contributed by atoms with Crippen LogP contribution < -0.4 is 5.32 Å². The standard InChI is InChI=1S/C11H22F3NO/c1-5-9(8-15-10(2,3)4)16-7-6-11(12,13)14/h9,15H,5-8H2,1-4H3. The molecule has 0 radical (unpaired) electrons. The van der Waals surface area contributed by atoms with Crippen molar-refractivity contribution in [3.8, 4) is 0 Å². The average molecular weight is 241 g/mol. The summed E-state index contributed by atoms with van der Waals surface area (Å²) in [5.41, 5.74) is -0.0409. The number of nitrogens with one attached hydrogen (secondary N) is 1. The summed E-state index contributed by atoms with van der Waals surface area (Å²) >= 11 is 0. The van der Waals surface area contributed by atoms with Crippen molar-refractivity contribution in [2.24, 2.45) is 0 Å². The van der Waals surface area contributed by atoms with E-state index in [1.807, 2.05) is 27.7 Å². The molecule has 0 aliphatic carbocycles. The number of hydrogen-bond donors (Lipinski definition) is 1. The van der Waals surface area contributed by atoms with Crippen molar-refractivity contribution in [3.05, 3.63) is 0 Å². The van der Waals surface area contributed by atoms with Gasteiger partial charge in [-0.25, -0.2) is 0 Å². The second-order valence-corrected chi connectivity index (χ2v) is 4.90. The molecular weight excluding hydrogens is 219 g/mol. The van der Waals surface area contributed by atoms with Crippen molar-refractivity contribution in [2.45, 2.75) is 58.4 Å². The smallest absolute Gasteiger partial charge is 0.377 e. The lowest BCUT2D eigenvalue weighted by Crippen LogP contribution is -2.41. The topological polar surface area (TPSA) is 21.3 Å². The predicted octanol–water partition coefficient (Wildman–Crippen LogP) is 3.12. The zero-order valence-electron chi connectivity index (χ0n) is 10.4. The zero-order valence-corrected chi connectivity index (χ0v) is 10.4. The van der Waals surface area contributed by atoms with E-state index in [-0.39, 0.29) is 18.2 Å². The van der Waals surface area contributed by atoms with Gasteiger partial charge in [0, 0.05) is 12.1 Å². The van der Waals surface area contributed by atoms with Crippen LogP contribution in [0.1, 0.15) is 40.5 Å².